The largest absolute Gasteiger partial charge is 0.497 e. The van der Waals surface area contributed by atoms with Crippen LogP contribution in [-0.2, 0) is 9.53 Å². The van der Waals surface area contributed by atoms with Crippen LogP contribution in [0, 0.1) is 5.92 Å². The van der Waals surface area contributed by atoms with Crippen molar-refractivity contribution in [3.8, 4) is 22.9 Å². The lowest BCUT2D eigenvalue weighted by molar-refractivity contribution is -0.129. The third-order valence-electron chi connectivity index (χ3n) is 9.11. The van der Waals surface area contributed by atoms with Crippen molar-refractivity contribution in [1.82, 2.24) is 29.2 Å². The first-order valence-electron chi connectivity index (χ1n) is 16.2. The van der Waals surface area contributed by atoms with Gasteiger partial charge in [0.2, 0.25) is 11.8 Å². The molecule has 0 N–H and O–H groups in total. The van der Waals surface area contributed by atoms with Gasteiger partial charge in [-0.25, -0.2) is 14.8 Å². The second-order valence-electron chi connectivity index (χ2n) is 13.7. The number of amides is 1. The number of aromatic nitrogens is 5. The van der Waals surface area contributed by atoms with Crippen molar-refractivity contribution in [3.05, 3.63) is 66.6 Å². The van der Waals surface area contributed by atoms with Crippen molar-refractivity contribution in [2.45, 2.75) is 77.7 Å². The van der Waals surface area contributed by atoms with Crippen molar-refractivity contribution in [3.63, 3.8) is 0 Å². The highest BCUT2D eigenvalue weighted by molar-refractivity contribution is 5.92. The van der Waals surface area contributed by atoms with Crippen LogP contribution in [0.3, 0.4) is 0 Å². The first-order valence-corrected chi connectivity index (χ1v) is 16.2. The zero-order valence-corrected chi connectivity index (χ0v) is 27.6. The normalized spacial score (nSPS) is 18.1. The van der Waals surface area contributed by atoms with E-state index in [2.05, 4.69) is 16.6 Å². The van der Waals surface area contributed by atoms with Gasteiger partial charge in [0.1, 0.15) is 23.0 Å². The van der Waals surface area contributed by atoms with E-state index in [9.17, 15) is 9.59 Å². The van der Waals surface area contributed by atoms with Gasteiger partial charge in [0.15, 0.2) is 0 Å². The fourth-order valence-electron chi connectivity index (χ4n) is 6.31. The molecule has 2 fully saturated rings. The molecule has 0 bridgehead atoms. The zero-order chi connectivity index (χ0) is 33.0. The molecule has 47 heavy (non-hydrogen) atoms. The van der Waals surface area contributed by atoms with Gasteiger partial charge in [0.05, 0.1) is 42.4 Å². The summed E-state index contributed by atoms with van der Waals surface area (Å²) < 4.78 is 21.0. The van der Waals surface area contributed by atoms with E-state index in [0.717, 1.165) is 46.1 Å². The van der Waals surface area contributed by atoms with Crippen LogP contribution >= 0.6 is 0 Å². The fourth-order valence-corrected chi connectivity index (χ4v) is 6.31. The molecule has 3 aromatic heterocycles. The molecule has 1 amide bonds. The molecule has 0 spiro atoms. The third kappa shape index (κ3) is 6.02. The maximum Gasteiger partial charge on any atom is 0.435 e. The van der Waals surface area contributed by atoms with E-state index in [-0.39, 0.29) is 24.0 Å². The lowest BCUT2D eigenvalue weighted by Gasteiger charge is -2.27. The van der Waals surface area contributed by atoms with Crippen molar-refractivity contribution in [1.29, 1.82) is 0 Å². The lowest BCUT2D eigenvalue weighted by atomic mass is 10.0. The topological polar surface area (TPSA) is 114 Å². The first kappa shape index (κ1) is 30.7. The molecule has 0 radical (unpaired) electrons. The Morgan fingerprint density at radius 1 is 1.04 bits per heavy atom. The summed E-state index contributed by atoms with van der Waals surface area (Å²) in [4.78, 5) is 37.7. The van der Waals surface area contributed by atoms with Gasteiger partial charge in [-0.15, -0.1) is 0 Å². The molecular weight excluding hydrogens is 596 g/mol. The smallest absolute Gasteiger partial charge is 0.435 e. The number of imidazole rings is 1. The van der Waals surface area contributed by atoms with Crippen LogP contribution in [0.15, 0.2) is 61.1 Å². The van der Waals surface area contributed by atoms with Crippen LogP contribution in [0.5, 0.6) is 11.6 Å². The predicted octanol–water partition coefficient (Wildman–Crippen LogP) is 6.95. The number of benzene rings is 2. The van der Waals surface area contributed by atoms with Crippen LogP contribution in [0.2, 0.25) is 0 Å². The summed E-state index contributed by atoms with van der Waals surface area (Å²) >= 11 is 0. The van der Waals surface area contributed by atoms with Crippen LogP contribution < -0.4 is 9.47 Å². The van der Waals surface area contributed by atoms with E-state index in [1.54, 1.807) is 13.3 Å². The number of ether oxygens (including phenoxy) is 3. The molecule has 4 heterocycles. The van der Waals surface area contributed by atoms with Gasteiger partial charge < -0.3 is 23.7 Å². The minimum absolute atomic E-state index is 0.00366. The SMILES string of the molecule is COc1ccc([C@@H](C)N2CC([C@@H](C)Oc3nc(-c4ccc5c(cnn5C(=O)OC(C)(C)C)c4)cc4ncn(C5CC5)c34)CC2=O)cc1. The van der Waals surface area contributed by atoms with E-state index >= 15 is 0 Å². The molecule has 5 aromatic rings. The molecule has 2 aromatic carbocycles. The summed E-state index contributed by atoms with van der Waals surface area (Å²) in [6.45, 7) is 10.1. The second kappa shape index (κ2) is 11.7. The molecule has 1 saturated heterocycles. The molecule has 1 aliphatic carbocycles. The average molecular weight is 637 g/mol. The van der Waals surface area contributed by atoms with Gasteiger partial charge in [-0.1, -0.05) is 18.2 Å². The van der Waals surface area contributed by atoms with Gasteiger partial charge in [-0.05, 0) is 83.4 Å². The Balaban J connectivity index is 1.16. The number of hydrogen-bond acceptors (Lipinski definition) is 8. The number of hydrogen-bond donors (Lipinski definition) is 0. The number of nitrogens with zero attached hydrogens (tertiary/aromatic N) is 6. The van der Waals surface area contributed by atoms with E-state index in [0.29, 0.717) is 36.1 Å². The first-order chi connectivity index (χ1) is 22.5. The highest BCUT2D eigenvalue weighted by Gasteiger charge is 2.38. The quantitative estimate of drug-likeness (QED) is 0.180. The molecule has 244 valence electrons. The summed E-state index contributed by atoms with van der Waals surface area (Å²) in [6, 6.07) is 15.9. The summed E-state index contributed by atoms with van der Waals surface area (Å²) in [5.41, 5.74) is 4.28. The molecule has 3 atom stereocenters. The molecule has 2 aliphatic rings. The monoisotopic (exact) mass is 636 g/mol. The Bertz CT molecular complexity index is 1970. The Labute approximate surface area is 273 Å². The molecule has 11 nitrogen and oxygen atoms in total. The zero-order valence-electron chi connectivity index (χ0n) is 27.6. The van der Waals surface area contributed by atoms with E-state index in [1.165, 1.54) is 4.68 Å². The molecule has 11 heteroatoms. The summed E-state index contributed by atoms with van der Waals surface area (Å²) in [6.07, 6.45) is 5.32. The maximum absolute atomic E-state index is 13.2. The molecule has 1 saturated carbocycles. The summed E-state index contributed by atoms with van der Waals surface area (Å²) in [5.74, 6) is 1.41. The van der Waals surface area contributed by atoms with E-state index < -0.39 is 11.7 Å². The number of likely N-dealkylation sites (tertiary alicyclic amines) is 1. The van der Waals surface area contributed by atoms with Crippen LogP contribution in [-0.4, -0.2) is 66.6 Å². The third-order valence-corrected chi connectivity index (χ3v) is 9.11. The summed E-state index contributed by atoms with van der Waals surface area (Å²) in [5, 5.41) is 5.07. The van der Waals surface area contributed by atoms with Gasteiger partial charge in [-0.3, -0.25) is 4.79 Å². The van der Waals surface area contributed by atoms with Crippen molar-refractivity contribution < 1.29 is 23.8 Å². The molecule has 1 aliphatic heterocycles. The number of fused-ring (bicyclic) bond motifs is 2. The van der Waals surface area contributed by atoms with Crippen molar-refractivity contribution >= 4 is 33.9 Å². The number of rotatable bonds is 8. The molecule has 7 rings (SSSR count). The lowest BCUT2D eigenvalue weighted by Crippen LogP contribution is -2.31. The maximum atomic E-state index is 13.2. The fraction of sp³-hybridized carbons (Fsp3) is 0.417. The number of carbonyl (C=O) groups excluding carboxylic acids is 2. The Morgan fingerprint density at radius 2 is 1.81 bits per heavy atom. The predicted molar refractivity (Wildman–Crippen MR) is 177 cm³/mol. The minimum Gasteiger partial charge on any atom is -0.497 e. The van der Waals surface area contributed by atoms with Gasteiger partial charge in [-0.2, -0.15) is 9.78 Å². The highest BCUT2D eigenvalue weighted by atomic mass is 16.6. The van der Waals surface area contributed by atoms with Gasteiger partial charge in [0, 0.05) is 35.9 Å². The standard InChI is InChI=1S/C36H40N6O5/c1-21(23-7-12-28(45-6)13-8-23)40-19-26(16-32(40)43)22(2)46-34-33-30(37-20-41(33)27-10-11-27)17-29(39-34)24-9-14-31-25(15-24)18-38-42(31)35(44)47-36(3,4)5/h7-9,12-15,17-18,20-22,26-27H,10-11,16,19H2,1-6H3/t21-,22-,26?/m1/s1. The number of methoxy groups -OCH3 is 1. The Kier molecular flexibility index (Phi) is 7.65. The minimum atomic E-state index is -0.634. The van der Waals surface area contributed by atoms with Crippen LogP contribution in [0.1, 0.15) is 71.5 Å². The van der Waals surface area contributed by atoms with Gasteiger partial charge in [0.25, 0.3) is 0 Å². The average Bonchev–Trinajstić information content (AvgIpc) is 3.46. The van der Waals surface area contributed by atoms with E-state index in [1.807, 2.05) is 87.5 Å². The highest BCUT2D eigenvalue weighted by Crippen LogP contribution is 2.41. The molecular formula is C36H40N6O5. The van der Waals surface area contributed by atoms with Crippen molar-refractivity contribution in [2.24, 2.45) is 5.92 Å². The van der Waals surface area contributed by atoms with Crippen LogP contribution in [0.4, 0.5) is 4.79 Å². The Morgan fingerprint density at radius 3 is 2.51 bits per heavy atom. The number of pyridine rings is 1. The van der Waals surface area contributed by atoms with E-state index in [4.69, 9.17) is 24.2 Å². The van der Waals surface area contributed by atoms with Crippen LogP contribution in [0.25, 0.3) is 33.2 Å². The molecule has 1 unspecified atom stereocenters. The van der Waals surface area contributed by atoms with Crippen molar-refractivity contribution in [2.75, 3.05) is 13.7 Å². The van der Waals surface area contributed by atoms with Gasteiger partial charge >= 0.3 is 6.09 Å². The summed E-state index contributed by atoms with van der Waals surface area (Å²) in [7, 11) is 1.65. The number of carbonyl (C=O) groups is 2. The Hall–Kier alpha value is -4.93. The second-order valence-corrected chi connectivity index (χ2v) is 13.7.